The summed E-state index contributed by atoms with van der Waals surface area (Å²) in [5.74, 6) is 1.75. The molecule has 2 heterocycles. The first kappa shape index (κ1) is 12.3. The molecular weight excluding hydrogens is 264 g/mol. The molecule has 0 bridgehead atoms. The molecule has 0 aliphatic carbocycles. The molecule has 0 saturated heterocycles. The summed E-state index contributed by atoms with van der Waals surface area (Å²) >= 11 is 6.05. The van der Waals surface area contributed by atoms with Gasteiger partial charge in [0.05, 0.1) is 5.02 Å². The van der Waals surface area contributed by atoms with Crippen molar-refractivity contribution in [1.29, 1.82) is 0 Å². The molecule has 0 spiro atoms. The highest BCUT2D eigenvalue weighted by Crippen LogP contribution is 2.32. The van der Waals surface area contributed by atoms with Crippen LogP contribution in [0.5, 0.6) is 0 Å². The van der Waals surface area contributed by atoms with Crippen molar-refractivity contribution in [2.45, 2.75) is 19.4 Å². The molecule has 0 amide bonds. The van der Waals surface area contributed by atoms with Crippen molar-refractivity contribution in [3.05, 3.63) is 58.7 Å². The molecule has 1 unspecified atom stereocenters. The van der Waals surface area contributed by atoms with Gasteiger partial charge in [-0.2, -0.15) is 0 Å². The highest BCUT2D eigenvalue weighted by atomic mass is 35.5. The topological polar surface area (TPSA) is 46.5 Å². The quantitative estimate of drug-likeness (QED) is 0.775. The molecule has 2 aromatic heterocycles. The minimum absolute atomic E-state index is 0.431. The lowest BCUT2D eigenvalue weighted by molar-refractivity contribution is 0.163. The molecule has 0 aliphatic rings. The van der Waals surface area contributed by atoms with E-state index in [2.05, 4.69) is 0 Å². The second-order valence-corrected chi connectivity index (χ2v) is 4.77. The number of hydrogen-bond acceptors (Lipinski definition) is 3. The maximum absolute atomic E-state index is 10.3. The molecule has 0 aliphatic heterocycles. The van der Waals surface area contributed by atoms with E-state index < -0.39 is 6.10 Å². The number of aliphatic hydroxyl groups excluding tert-OH is 1. The Morgan fingerprint density at radius 1 is 1.16 bits per heavy atom. The van der Waals surface area contributed by atoms with Crippen LogP contribution in [0.1, 0.15) is 30.3 Å². The number of benzene rings is 1. The number of fused-ring (bicyclic) bond motifs is 1. The van der Waals surface area contributed by atoms with Gasteiger partial charge in [0.25, 0.3) is 0 Å². The number of furan rings is 2. The lowest BCUT2D eigenvalue weighted by Crippen LogP contribution is -1.95. The standard InChI is InChI=1S/C15H13ClO3/c1-2-10-6-7-12(18-10)14(17)13-8-9-4-3-5-11(16)15(9)19-13/h3-8,14,17H,2H2,1H3. The Morgan fingerprint density at radius 3 is 2.68 bits per heavy atom. The van der Waals surface area contributed by atoms with E-state index in [0.717, 1.165) is 17.6 Å². The smallest absolute Gasteiger partial charge is 0.169 e. The molecule has 0 saturated carbocycles. The van der Waals surface area contributed by atoms with Gasteiger partial charge in [-0.1, -0.05) is 30.7 Å². The van der Waals surface area contributed by atoms with Crippen LogP contribution in [0.25, 0.3) is 11.0 Å². The third kappa shape index (κ3) is 2.15. The number of hydrogen-bond donors (Lipinski definition) is 1. The summed E-state index contributed by atoms with van der Waals surface area (Å²) < 4.78 is 11.1. The molecule has 98 valence electrons. The average molecular weight is 277 g/mol. The number of aryl methyl sites for hydroxylation is 1. The van der Waals surface area contributed by atoms with E-state index in [-0.39, 0.29) is 0 Å². The normalized spacial score (nSPS) is 13.0. The van der Waals surface area contributed by atoms with Crippen molar-refractivity contribution in [2.75, 3.05) is 0 Å². The van der Waals surface area contributed by atoms with E-state index >= 15 is 0 Å². The van der Waals surface area contributed by atoms with E-state index in [1.165, 1.54) is 0 Å². The third-order valence-electron chi connectivity index (χ3n) is 3.09. The van der Waals surface area contributed by atoms with Crippen LogP contribution < -0.4 is 0 Å². The van der Waals surface area contributed by atoms with E-state index in [1.807, 2.05) is 25.1 Å². The lowest BCUT2D eigenvalue weighted by Gasteiger charge is -2.03. The van der Waals surface area contributed by atoms with Gasteiger partial charge in [-0.15, -0.1) is 0 Å². The largest absolute Gasteiger partial charge is 0.463 e. The molecule has 1 aromatic carbocycles. The SMILES string of the molecule is CCc1ccc(C(O)c2cc3cccc(Cl)c3o2)o1. The Hall–Kier alpha value is -1.71. The van der Waals surface area contributed by atoms with Crippen molar-refractivity contribution < 1.29 is 13.9 Å². The Labute approximate surface area is 115 Å². The lowest BCUT2D eigenvalue weighted by atomic mass is 10.2. The molecule has 0 radical (unpaired) electrons. The van der Waals surface area contributed by atoms with Crippen LogP contribution in [0, 0.1) is 0 Å². The zero-order valence-electron chi connectivity index (χ0n) is 10.4. The van der Waals surface area contributed by atoms with E-state index in [1.54, 1.807) is 18.2 Å². The Morgan fingerprint density at radius 2 is 2.00 bits per heavy atom. The molecule has 1 atom stereocenters. The van der Waals surface area contributed by atoms with Gasteiger partial charge >= 0.3 is 0 Å². The van der Waals surface area contributed by atoms with E-state index in [9.17, 15) is 5.11 Å². The van der Waals surface area contributed by atoms with Crippen LogP contribution in [-0.2, 0) is 6.42 Å². The molecule has 0 fully saturated rings. The van der Waals surface area contributed by atoms with Gasteiger partial charge in [-0.25, -0.2) is 0 Å². The monoisotopic (exact) mass is 276 g/mol. The second kappa shape index (κ2) is 4.76. The number of para-hydroxylation sites is 1. The third-order valence-corrected chi connectivity index (χ3v) is 3.38. The number of halogens is 1. The second-order valence-electron chi connectivity index (χ2n) is 4.37. The zero-order chi connectivity index (χ0) is 13.4. The van der Waals surface area contributed by atoms with Crippen molar-refractivity contribution >= 4 is 22.6 Å². The number of aliphatic hydroxyl groups is 1. The molecule has 19 heavy (non-hydrogen) atoms. The Balaban J connectivity index is 2.01. The van der Waals surface area contributed by atoms with E-state index in [0.29, 0.717) is 22.1 Å². The van der Waals surface area contributed by atoms with Crippen molar-refractivity contribution in [3.8, 4) is 0 Å². The predicted molar refractivity (Wildman–Crippen MR) is 73.4 cm³/mol. The van der Waals surface area contributed by atoms with Gasteiger partial charge in [0.15, 0.2) is 11.7 Å². The van der Waals surface area contributed by atoms with Crippen LogP contribution in [0.15, 0.2) is 45.2 Å². The van der Waals surface area contributed by atoms with Gasteiger partial charge < -0.3 is 13.9 Å². The van der Waals surface area contributed by atoms with Crippen LogP contribution in [0.4, 0.5) is 0 Å². The zero-order valence-corrected chi connectivity index (χ0v) is 11.1. The number of rotatable bonds is 3. The average Bonchev–Trinajstić information content (AvgIpc) is 3.05. The summed E-state index contributed by atoms with van der Waals surface area (Å²) in [7, 11) is 0. The van der Waals surface area contributed by atoms with E-state index in [4.69, 9.17) is 20.4 Å². The Kier molecular flexibility index (Phi) is 3.09. The van der Waals surface area contributed by atoms with Crippen LogP contribution in [0.2, 0.25) is 5.02 Å². The van der Waals surface area contributed by atoms with Crippen LogP contribution >= 0.6 is 11.6 Å². The summed E-state index contributed by atoms with van der Waals surface area (Å²) in [6.45, 7) is 2.00. The minimum Gasteiger partial charge on any atom is -0.463 e. The molecular formula is C15H13ClO3. The first-order chi connectivity index (χ1) is 9.19. The molecule has 3 nitrogen and oxygen atoms in total. The van der Waals surface area contributed by atoms with Gasteiger partial charge in [-0.05, 0) is 24.3 Å². The van der Waals surface area contributed by atoms with Gasteiger partial charge in [0.1, 0.15) is 17.3 Å². The summed E-state index contributed by atoms with van der Waals surface area (Å²) in [6, 6.07) is 10.9. The molecule has 3 rings (SSSR count). The summed E-state index contributed by atoms with van der Waals surface area (Å²) in [4.78, 5) is 0. The molecule has 1 N–H and O–H groups in total. The maximum atomic E-state index is 10.3. The first-order valence-electron chi connectivity index (χ1n) is 6.13. The van der Waals surface area contributed by atoms with Crippen LogP contribution in [0.3, 0.4) is 0 Å². The summed E-state index contributed by atoms with van der Waals surface area (Å²) in [6.07, 6.45) is -0.123. The van der Waals surface area contributed by atoms with Crippen molar-refractivity contribution in [2.24, 2.45) is 0 Å². The van der Waals surface area contributed by atoms with Gasteiger partial charge in [0.2, 0.25) is 0 Å². The highest BCUT2D eigenvalue weighted by Gasteiger charge is 2.19. The molecule has 3 aromatic rings. The maximum Gasteiger partial charge on any atom is 0.169 e. The van der Waals surface area contributed by atoms with Gasteiger partial charge in [0, 0.05) is 11.8 Å². The summed E-state index contributed by atoms with van der Waals surface area (Å²) in [5, 5.41) is 11.7. The fourth-order valence-corrected chi connectivity index (χ4v) is 2.27. The fraction of sp³-hybridized carbons (Fsp3) is 0.200. The van der Waals surface area contributed by atoms with Gasteiger partial charge in [-0.3, -0.25) is 0 Å². The minimum atomic E-state index is -0.913. The van der Waals surface area contributed by atoms with Crippen LogP contribution in [-0.4, -0.2) is 5.11 Å². The predicted octanol–water partition coefficient (Wildman–Crippen LogP) is 4.32. The highest BCUT2D eigenvalue weighted by molar-refractivity contribution is 6.34. The fourth-order valence-electron chi connectivity index (χ4n) is 2.05. The first-order valence-corrected chi connectivity index (χ1v) is 6.51. The molecule has 4 heteroatoms. The Bertz CT molecular complexity index is 711. The van der Waals surface area contributed by atoms with Crippen molar-refractivity contribution in [3.63, 3.8) is 0 Å². The summed E-state index contributed by atoms with van der Waals surface area (Å²) in [5.41, 5.74) is 0.584. The van der Waals surface area contributed by atoms with Crippen molar-refractivity contribution in [1.82, 2.24) is 0 Å².